The number of likely N-dealkylation sites (N-methyl/N-ethyl adjacent to an activating group) is 1. The van der Waals surface area contributed by atoms with Crippen LogP contribution in [0.2, 0.25) is 0 Å². The molecular formula is C16H34N4. The standard InChI is InChI=1S/C16H34N4/c1-7-17-15(20-11-10-16(5,6)13-20)18-12-14(4)19(8-2)9-3/h14H,7-13H2,1-6H3,(H,17,18). The van der Waals surface area contributed by atoms with Crippen molar-refractivity contribution in [2.75, 3.05) is 39.3 Å². The molecule has 1 rings (SSSR count). The first kappa shape index (κ1) is 17.3. The van der Waals surface area contributed by atoms with Crippen LogP contribution >= 0.6 is 0 Å². The van der Waals surface area contributed by atoms with Gasteiger partial charge in [-0.3, -0.25) is 9.89 Å². The number of nitrogens with zero attached hydrogens (tertiary/aromatic N) is 3. The van der Waals surface area contributed by atoms with Crippen molar-refractivity contribution >= 4 is 5.96 Å². The van der Waals surface area contributed by atoms with Gasteiger partial charge in [0.15, 0.2) is 5.96 Å². The molecule has 1 heterocycles. The summed E-state index contributed by atoms with van der Waals surface area (Å²) in [6.07, 6.45) is 1.25. The van der Waals surface area contributed by atoms with Crippen molar-refractivity contribution in [3.8, 4) is 0 Å². The lowest BCUT2D eigenvalue weighted by molar-refractivity contribution is 0.236. The summed E-state index contributed by atoms with van der Waals surface area (Å²) < 4.78 is 0. The van der Waals surface area contributed by atoms with Crippen molar-refractivity contribution in [1.82, 2.24) is 15.1 Å². The number of hydrogen-bond acceptors (Lipinski definition) is 2. The second-order valence-corrected chi connectivity index (χ2v) is 6.60. The highest BCUT2D eigenvalue weighted by atomic mass is 15.3. The van der Waals surface area contributed by atoms with Gasteiger partial charge in [0, 0.05) is 25.7 Å². The molecule has 0 radical (unpaired) electrons. The molecule has 0 aliphatic carbocycles. The maximum atomic E-state index is 4.87. The predicted octanol–water partition coefficient (Wildman–Crippen LogP) is 2.41. The molecule has 1 fully saturated rings. The van der Waals surface area contributed by atoms with E-state index >= 15 is 0 Å². The molecule has 0 saturated carbocycles. The van der Waals surface area contributed by atoms with Crippen LogP contribution in [0.1, 0.15) is 48.0 Å². The Bertz CT molecular complexity index is 308. The lowest BCUT2D eigenvalue weighted by atomic mass is 9.93. The average molecular weight is 282 g/mol. The molecule has 1 aliphatic heterocycles. The molecule has 1 atom stereocenters. The van der Waals surface area contributed by atoms with E-state index in [-0.39, 0.29) is 0 Å². The van der Waals surface area contributed by atoms with Gasteiger partial charge >= 0.3 is 0 Å². The molecule has 1 aliphatic rings. The number of nitrogens with one attached hydrogen (secondary N) is 1. The third-order valence-corrected chi connectivity index (χ3v) is 4.25. The van der Waals surface area contributed by atoms with Gasteiger partial charge in [-0.25, -0.2) is 0 Å². The Kier molecular flexibility index (Phi) is 6.80. The smallest absolute Gasteiger partial charge is 0.193 e. The lowest BCUT2D eigenvalue weighted by Crippen LogP contribution is -2.42. The van der Waals surface area contributed by atoms with E-state index in [1.807, 2.05) is 0 Å². The zero-order valence-corrected chi connectivity index (χ0v) is 14.4. The van der Waals surface area contributed by atoms with Crippen LogP contribution < -0.4 is 5.32 Å². The minimum Gasteiger partial charge on any atom is -0.357 e. The van der Waals surface area contributed by atoms with E-state index in [1.165, 1.54) is 6.42 Å². The van der Waals surface area contributed by atoms with Crippen molar-refractivity contribution < 1.29 is 0 Å². The van der Waals surface area contributed by atoms with Gasteiger partial charge in [0.25, 0.3) is 0 Å². The first-order valence-corrected chi connectivity index (χ1v) is 8.20. The Hall–Kier alpha value is -0.770. The molecule has 118 valence electrons. The van der Waals surface area contributed by atoms with Crippen molar-refractivity contribution in [2.24, 2.45) is 10.4 Å². The lowest BCUT2D eigenvalue weighted by Gasteiger charge is -2.27. The quantitative estimate of drug-likeness (QED) is 0.599. The molecule has 1 N–H and O–H groups in total. The van der Waals surface area contributed by atoms with E-state index in [0.717, 1.165) is 45.2 Å². The molecule has 0 aromatic rings. The van der Waals surface area contributed by atoms with Crippen LogP contribution in [0.25, 0.3) is 0 Å². The fourth-order valence-electron chi connectivity index (χ4n) is 2.90. The Labute approximate surface area is 125 Å². The van der Waals surface area contributed by atoms with Gasteiger partial charge in [-0.2, -0.15) is 0 Å². The fourth-order valence-corrected chi connectivity index (χ4v) is 2.90. The number of aliphatic imine (C=N–C) groups is 1. The minimum absolute atomic E-state index is 0.417. The Morgan fingerprint density at radius 1 is 1.30 bits per heavy atom. The molecule has 0 bridgehead atoms. The number of hydrogen-bond donors (Lipinski definition) is 1. The zero-order valence-electron chi connectivity index (χ0n) is 14.4. The van der Waals surface area contributed by atoms with Gasteiger partial charge in [0.05, 0.1) is 6.54 Å². The van der Waals surface area contributed by atoms with E-state index in [2.05, 4.69) is 56.7 Å². The molecule has 4 heteroatoms. The van der Waals surface area contributed by atoms with Gasteiger partial charge in [0.2, 0.25) is 0 Å². The van der Waals surface area contributed by atoms with E-state index in [1.54, 1.807) is 0 Å². The summed E-state index contributed by atoms with van der Waals surface area (Å²) in [6, 6.07) is 0.509. The average Bonchev–Trinajstić information content (AvgIpc) is 2.76. The second-order valence-electron chi connectivity index (χ2n) is 6.60. The topological polar surface area (TPSA) is 30.9 Å². The minimum atomic E-state index is 0.417. The van der Waals surface area contributed by atoms with E-state index in [9.17, 15) is 0 Å². The predicted molar refractivity (Wildman–Crippen MR) is 88.3 cm³/mol. The summed E-state index contributed by atoms with van der Waals surface area (Å²) in [4.78, 5) is 9.74. The molecular weight excluding hydrogens is 248 g/mol. The van der Waals surface area contributed by atoms with Crippen LogP contribution in [-0.4, -0.2) is 61.1 Å². The van der Waals surface area contributed by atoms with Gasteiger partial charge in [-0.1, -0.05) is 27.7 Å². The number of guanidine groups is 1. The van der Waals surface area contributed by atoms with Crippen molar-refractivity contribution in [1.29, 1.82) is 0 Å². The van der Waals surface area contributed by atoms with E-state index in [0.29, 0.717) is 11.5 Å². The normalized spacial score (nSPS) is 20.6. The summed E-state index contributed by atoms with van der Waals surface area (Å²) in [6.45, 7) is 19.8. The summed E-state index contributed by atoms with van der Waals surface area (Å²) in [5.74, 6) is 1.09. The first-order chi connectivity index (χ1) is 9.43. The molecule has 0 aromatic heterocycles. The molecule has 1 saturated heterocycles. The maximum Gasteiger partial charge on any atom is 0.193 e. The van der Waals surface area contributed by atoms with Crippen molar-refractivity contribution in [3.63, 3.8) is 0 Å². The van der Waals surface area contributed by atoms with Gasteiger partial charge < -0.3 is 10.2 Å². The molecule has 0 amide bonds. The zero-order chi connectivity index (χ0) is 15.2. The van der Waals surface area contributed by atoms with Crippen LogP contribution in [0.4, 0.5) is 0 Å². The Morgan fingerprint density at radius 2 is 1.95 bits per heavy atom. The van der Waals surface area contributed by atoms with Crippen LogP contribution in [0.15, 0.2) is 4.99 Å². The van der Waals surface area contributed by atoms with Crippen LogP contribution in [0, 0.1) is 5.41 Å². The Balaban J connectivity index is 2.64. The highest BCUT2D eigenvalue weighted by molar-refractivity contribution is 5.80. The summed E-state index contributed by atoms with van der Waals surface area (Å²) in [5.41, 5.74) is 0.417. The first-order valence-electron chi connectivity index (χ1n) is 8.20. The third kappa shape index (κ3) is 4.97. The monoisotopic (exact) mass is 282 g/mol. The van der Waals surface area contributed by atoms with E-state index < -0.39 is 0 Å². The van der Waals surface area contributed by atoms with Crippen LogP contribution in [-0.2, 0) is 0 Å². The highest BCUT2D eigenvalue weighted by Crippen LogP contribution is 2.28. The fraction of sp³-hybridized carbons (Fsp3) is 0.938. The van der Waals surface area contributed by atoms with E-state index in [4.69, 9.17) is 4.99 Å². The molecule has 4 nitrogen and oxygen atoms in total. The largest absolute Gasteiger partial charge is 0.357 e. The highest BCUT2D eigenvalue weighted by Gasteiger charge is 2.30. The second kappa shape index (κ2) is 7.87. The maximum absolute atomic E-state index is 4.87. The summed E-state index contributed by atoms with van der Waals surface area (Å²) in [7, 11) is 0. The van der Waals surface area contributed by atoms with Gasteiger partial charge in [0.1, 0.15) is 0 Å². The summed E-state index contributed by atoms with van der Waals surface area (Å²) in [5, 5.41) is 3.45. The molecule has 0 spiro atoms. The van der Waals surface area contributed by atoms with Gasteiger partial charge in [-0.15, -0.1) is 0 Å². The Morgan fingerprint density at radius 3 is 2.40 bits per heavy atom. The third-order valence-electron chi connectivity index (χ3n) is 4.25. The van der Waals surface area contributed by atoms with Crippen molar-refractivity contribution in [3.05, 3.63) is 0 Å². The molecule has 0 aromatic carbocycles. The van der Waals surface area contributed by atoms with Crippen LogP contribution in [0.5, 0.6) is 0 Å². The summed E-state index contributed by atoms with van der Waals surface area (Å²) >= 11 is 0. The number of rotatable bonds is 6. The van der Waals surface area contributed by atoms with Crippen LogP contribution in [0.3, 0.4) is 0 Å². The van der Waals surface area contributed by atoms with Crippen molar-refractivity contribution in [2.45, 2.75) is 54.0 Å². The molecule has 1 unspecified atom stereocenters. The number of likely N-dealkylation sites (tertiary alicyclic amines) is 1. The SMILES string of the molecule is CCNC(=NCC(C)N(CC)CC)N1CCC(C)(C)C1. The van der Waals surface area contributed by atoms with Gasteiger partial charge in [-0.05, 0) is 38.8 Å². The molecule has 20 heavy (non-hydrogen) atoms.